The van der Waals surface area contributed by atoms with Crippen LogP contribution < -0.4 is 4.74 Å². The fraction of sp³-hybridized carbons (Fsp3) is 0.318. The first-order chi connectivity index (χ1) is 13.2. The maximum atomic E-state index is 12.7. The average Bonchev–Trinajstić information content (AvgIpc) is 3.03. The monoisotopic (exact) mass is 405 g/mol. The molecule has 0 aliphatic carbocycles. The topological polar surface area (TPSA) is 22.1 Å². The van der Waals surface area contributed by atoms with Crippen LogP contribution in [0.1, 0.15) is 41.4 Å². The number of ether oxygens (including phenoxy) is 1. The highest BCUT2D eigenvalue weighted by atomic mass is 32.1. The van der Waals surface area contributed by atoms with Crippen LogP contribution in [-0.4, -0.2) is 4.98 Å². The molecule has 0 bridgehead atoms. The number of aryl methyl sites for hydroxylation is 2. The number of rotatable bonds is 6. The minimum Gasteiger partial charge on any atom is -0.489 e. The van der Waals surface area contributed by atoms with Crippen molar-refractivity contribution in [1.82, 2.24) is 4.98 Å². The zero-order chi connectivity index (χ0) is 20.5. The van der Waals surface area contributed by atoms with Gasteiger partial charge in [0.25, 0.3) is 0 Å². The number of halogens is 3. The zero-order valence-electron chi connectivity index (χ0n) is 16.1. The highest BCUT2D eigenvalue weighted by Gasteiger charge is 2.32. The van der Waals surface area contributed by atoms with E-state index in [4.69, 9.17) is 4.74 Å². The van der Waals surface area contributed by atoms with Crippen LogP contribution in [0.3, 0.4) is 0 Å². The maximum absolute atomic E-state index is 12.7. The fourth-order valence-corrected chi connectivity index (χ4v) is 4.15. The van der Waals surface area contributed by atoms with Gasteiger partial charge in [0.05, 0.1) is 0 Å². The number of thiophene rings is 1. The van der Waals surface area contributed by atoms with E-state index in [1.807, 2.05) is 19.1 Å². The van der Waals surface area contributed by atoms with Gasteiger partial charge in [0, 0.05) is 16.0 Å². The summed E-state index contributed by atoms with van der Waals surface area (Å²) in [4.78, 5) is 3.65. The molecular formula is C22H22F3NOS. The van der Waals surface area contributed by atoms with Crippen molar-refractivity contribution >= 4 is 21.4 Å². The third kappa shape index (κ3) is 4.38. The highest BCUT2D eigenvalue weighted by Crippen LogP contribution is 2.34. The Morgan fingerprint density at radius 1 is 1.18 bits per heavy atom. The van der Waals surface area contributed by atoms with Gasteiger partial charge in [0.1, 0.15) is 18.1 Å². The lowest BCUT2D eigenvalue weighted by Crippen LogP contribution is -2.10. The SMILES string of the molecule is C=C(CC)Cc1csc2cc(OCc3ccc(C(F)(F)F)nc3C)cc(C)c12. The normalized spacial score (nSPS) is 11.8. The summed E-state index contributed by atoms with van der Waals surface area (Å²) < 4.78 is 45.2. The summed E-state index contributed by atoms with van der Waals surface area (Å²) in [5, 5.41) is 3.39. The van der Waals surface area contributed by atoms with Crippen LogP contribution in [0.25, 0.3) is 10.1 Å². The third-order valence-electron chi connectivity index (χ3n) is 4.74. The molecular weight excluding hydrogens is 383 g/mol. The zero-order valence-corrected chi connectivity index (χ0v) is 16.9. The number of fused-ring (bicyclic) bond motifs is 1. The number of pyridine rings is 1. The van der Waals surface area contributed by atoms with Gasteiger partial charge < -0.3 is 4.74 Å². The van der Waals surface area contributed by atoms with Gasteiger partial charge in [-0.1, -0.05) is 25.1 Å². The second-order valence-electron chi connectivity index (χ2n) is 6.88. The first-order valence-electron chi connectivity index (χ1n) is 9.03. The van der Waals surface area contributed by atoms with E-state index < -0.39 is 11.9 Å². The molecule has 3 aromatic rings. The molecule has 0 saturated heterocycles. The minimum absolute atomic E-state index is 0.173. The lowest BCUT2D eigenvalue weighted by atomic mass is 10.0. The molecule has 0 saturated carbocycles. The van der Waals surface area contributed by atoms with Gasteiger partial charge >= 0.3 is 6.18 Å². The van der Waals surface area contributed by atoms with Crippen LogP contribution in [-0.2, 0) is 19.2 Å². The van der Waals surface area contributed by atoms with Crippen molar-refractivity contribution in [3.8, 4) is 5.75 Å². The van der Waals surface area contributed by atoms with Crippen LogP contribution in [0.4, 0.5) is 13.2 Å². The molecule has 148 valence electrons. The smallest absolute Gasteiger partial charge is 0.433 e. The van der Waals surface area contributed by atoms with Gasteiger partial charge in [-0.25, -0.2) is 4.98 Å². The van der Waals surface area contributed by atoms with Crippen molar-refractivity contribution in [1.29, 1.82) is 0 Å². The van der Waals surface area contributed by atoms with E-state index in [1.165, 1.54) is 22.6 Å². The van der Waals surface area contributed by atoms with Gasteiger partial charge in [0.15, 0.2) is 0 Å². The molecule has 0 aliphatic rings. The Kier molecular flexibility index (Phi) is 5.79. The molecule has 3 rings (SSSR count). The van der Waals surface area contributed by atoms with Crippen molar-refractivity contribution < 1.29 is 17.9 Å². The Morgan fingerprint density at radius 2 is 1.93 bits per heavy atom. The lowest BCUT2D eigenvalue weighted by molar-refractivity contribution is -0.141. The number of hydrogen-bond acceptors (Lipinski definition) is 3. The van der Waals surface area contributed by atoms with Crippen LogP contribution in [0.15, 0.2) is 41.8 Å². The van der Waals surface area contributed by atoms with Gasteiger partial charge in [-0.15, -0.1) is 11.3 Å². The van der Waals surface area contributed by atoms with Gasteiger partial charge in [0.2, 0.25) is 0 Å². The summed E-state index contributed by atoms with van der Waals surface area (Å²) >= 11 is 1.67. The van der Waals surface area contributed by atoms with Crippen molar-refractivity contribution in [2.24, 2.45) is 0 Å². The largest absolute Gasteiger partial charge is 0.489 e. The highest BCUT2D eigenvalue weighted by molar-refractivity contribution is 7.17. The first kappa shape index (κ1) is 20.4. The molecule has 2 aromatic heterocycles. The maximum Gasteiger partial charge on any atom is 0.433 e. The number of aromatic nitrogens is 1. The molecule has 0 spiro atoms. The molecule has 0 fully saturated rings. The lowest BCUT2D eigenvalue weighted by Gasteiger charge is -2.12. The predicted octanol–water partition coefficient (Wildman–Crippen LogP) is 7.02. The number of alkyl halides is 3. The van der Waals surface area contributed by atoms with Crippen LogP contribution in [0, 0.1) is 13.8 Å². The van der Waals surface area contributed by atoms with Gasteiger partial charge in [-0.2, -0.15) is 13.2 Å². The van der Waals surface area contributed by atoms with Crippen molar-refractivity contribution in [3.05, 3.63) is 69.9 Å². The van der Waals surface area contributed by atoms with Gasteiger partial charge in [-0.05, 0) is 66.8 Å². The molecule has 0 radical (unpaired) electrons. The van der Waals surface area contributed by atoms with Crippen molar-refractivity contribution in [2.75, 3.05) is 0 Å². The van der Waals surface area contributed by atoms with E-state index in [0.29, 0.717) is 17.0 Å². The van der Waals surface area contributed by atoms with Crippen molar-refractivity contribution in [3.63, 3.8) is 0 Å². The molecule has 2 heterocycles. The van der Waals surface area contributed by atoms with Crippen LogP contribution >= 0.6 is 11.3 Å². The van der Waals surface area contributed by atoms with E-state index in [2.05, 4.69) is 23.9 Å². The molecule has 0 unspecified atom stereocenters. The fourth-order valence-electron chi connectivity index (χ4n) is 3.09. The molecule has 0 atom stereocenters. The molecule has 1 aromatic carbocycles. The molecule has 6 heteroatoms. The predicted molar refractivity (Wildman–Crippen MR) is 108 cm³/mol. The number of nitrogens with zero attached hydrogens (tertiary/aromatic N) is 1. The van der Waals surface area contributed by atoms with Crippen molar-refractivity contribution in [2.45, 2.75) is 46.4 Å². The molecule has 0 amide bonds. The second-order valence-corrected chi connectivity index (χ2v) is 7.79. The van der Waals surface area contributed by atoms with E-state index in [1.54, 1.807) is 18.3 Å². The summed E-state index contributed by atoms with van der Waals surface area (Å²) in [5.41, 5.74) is 3.67. The van der Waals surface area contributed by atoms with E-state index >= 15 is 0 Å². The van der Waals surface area contributed by atoms with E-state index in [9.17, 15) is 13.2 Å². The second kappa shape index (κ2) is 7.95. The van der Waals surface area contributed by atoms with Crippen LogP contribution in [0.5, 0.6) is 5.75 Å². The third-order valence-corrected chi connectivity index (χ3v) is 5.72. The quantitative estimate of drug-likeness (QED) is 0.411. The Hall–Kier alpha value is -2.34. The first-order valence-corrected chi connectivity index (χ1v) is 9.91. The Bertz CT molecular complexity index is 1020. The Labute approximate surface area is 166 Å². The number of hydrogen-bond donors (Lipinski definition) is 0. The minimum atomic E-state index is -4.44. The summed E-state index contributed by atoms with van der Waals surface area (Å²) in [6.45, 7) is 9.99. The molecule has 0 N–H and O–H groups in total. The van der Waals surface area contributed by atoms with Crippen LogP contribution in [0.2, 0.25) is 0 Å². The average molecular weight is 405 g/mol. The van der Waals surface area contributed by atoms with E-state index in [-0.39, 0.29) is 6.61 Å². The Morgan fingerprint density at radius 3 is 2.57 bits per heavy atom. The number of benzene rings is 1. The number of allylic oxidation sites excluding steroid dienone is 1. The molecule has 2 nitrogen and oxygen atoms in total. The molecule has 0 aliphatic heterocycles. The summed E-state index contributed by atoms with van der Waals surface area (Å²) in [7, 11) is 0. The van der Waals surface area contributed by atoms with E-state index in [0.717, 1.165) is 29.2 Å². The molecule has 28 heavy (non-hydrogen) atoms. The standard InChI is InChI=1S/C22H22F3NOS/c1-5-13(2)8-17-12-28-19-10-18(9-14(3)21(17)19)27-11-16-6-7-20(22(23,24)25)26-15(16)4/h6-7,9-10,12H,2,5,8,11H2,1,3-4H3. The summed E-state index contributed by atoms with van der Waals surface area (Å²) in [6.07, 6.45) is -2.61. The summed E-state index contributed by atoms with van der Waals surface area (Å²) in [5.74, 6) is 0.701. The van der Waals surface area contributed by atoms with Gasteiger partial charge in [-0.3, -0.25) is 0 Å². The summed E-state index contributed by atoms with van der Waals surface area (Å²) in [6, 6.07) is 6.38. The Balaban J connectivity index is 1.79.